The zero-order valence-electron chi connectivity index (χ0n) is 16.9. The molecule has 3 heterocycles. The first-order valence-electron chi connectivity index (χ1n) is 9.71. The predicted octanol–water partition coefficient (Wildman–Crippen LogP) is 5.03. The van der Waals surface area contributed by atoms with Gasteiger partial charge in [-0.3, -0.25) is 14.5 Å². The molecule has 2 aromatic heterocycles. The Kier molecular flexibility index (Phi) is 5.15. The van der Waals surface area contributed by atoms with Gasteiger partial charge in [0.15, 0.2) is 5.43 Å². The van der Waals surface area contributed by atoms with Gasteiger partial charge in [0.05, 0.1) is 17.0 Å². The van der Waals surface area contributed by atoms with Crippen LogP contribution < -0.4 is 15.1 Å². The molecule has 2 aromatic carbocycles. The number of fused-ring (bicyclic) bond motifs is 2. The lowest BCUT2D eigenvalue weighted by Gasteiger charge is -2.22. The average Bonchev–Trinajstić information content (AvgIpc) is 3.34. The number of carbonyl (C=O) groups is 1. The highest BCUT2D eigenvalue weighted by atomic mass is 79.9. The number of rotatable bonds is 5. The quantitative estimate of drug-likeness (QED) is 0.350. The molecular formula is C23H16BrN3O4S. The van der Waals surface area contributed by atoms with Gasteiger partial charge >= 0.3 is 0 Å². The highest BCUT2D eigenvalue weighted by molar-refractivity contribution is 9.10. The van der Waals surface area contributed by atoms with E-state index in [4.69, 9.17) is 9.15 Å². The van der Waals surface area contributed by atoms with E-state index in [1.54, 1.807) is 24.3 Å². The Bertz CT molecular complexity index is 1440. The molecule has 0 spiro atoms. The van der Waals surface area contributed by atoms with Crippen LogP contribution in [0.4, 0.5) is 5.13 Å². The van der Waals surface area contributed by atoms with Gasteiger partial charge < -0.3 is 9.15 Å². The summed E-state index contributed by atoms with van der Waals surface area (Å²) in [7, 11) is 0. The number of amides is 1. The van der Waals surface area contributed by atoms with E-state index in [0.717, 1.165) is 4.47 Å². The SMILES string of the molecule is C=CCOc1cccc(C2c3c(oc4ccc(Br)cc4c3=O)C(=O)N2c2nnc(C)s2)c1. The van der Waals surface area contributed by atoms with Crippen LogP contribution in [0.2, 0.25) is 0 Å². The second kappa shape index (κ2) is 7.99. The number of aromatic nitrogens is 2. The topological polar surface area (TPSA) is 85.5 Å². The summed E-state index contributed by atoms with van der Waals surface area (Å²) >= 11 is 4.68. The minimum atomic E-state index is -0.725. The summed E-state index contributed by atoms with van der Waals surface area (Å²) in [4.78, 5) is 28.6. The Morgan fingerprint density at radius 1 is 1.25 bits per heavy atom. The van der Waals surface area contributed by atoms with Crippen molar-refractivity contribution in [2.24, 2.45) is 0 Å². The summed E-state index contributed by atoms with van der Waals surface area (Å²) < 4.78 is 12.4. The second-order valence-corrected chi connectivity index (χ2v) is 9.24. The van der Waals surface area contributed by atoms with E-state index < -0.39 is 11.9 Å². The van der Waals surface area contributed by atoms with Gasteiger partial charge in [0.2, 0.25) is 10.9 Å². The number of aryl methyl sites for hydroxylation is 1. The van der Waals surface area contributed by atoms with Crippen molar-refractivity contribution in [3.63, 3.8) is 0 Å². The van der Waals surface area contributed by atoms with E-state index >= 15 is 0 Å². The van der Waals surface area contributed by atoms with Crippen LogP contribution >= 0.6 is 27.3 Å². The molecule has 5 rings (SSSR count). The fourth-order valence-corrected chi connectivity index (χ4v) is 4.85. The molecule has 0 saturated heterocycles. The molecule has 0 fully saturated rings. The standard InChI is InChI=1S/C23H16BrN3O4S/c1-3-9-30-15-6-4-5-13(10-15)19-18-20(28)16-11-14(24)7-8-17(16)31-21(18)22(29)27(19)23-26-25-12(2)32-23/h3-8,10-11,19H,1,9H2,2H3. The predicted molar refractivity (Wildman–Crippen MR) is 126 cm³/mol. The first-order chi connectivity index (χ1) is 15.5. The highest BCUT2D eigenvalue weighted by Crippen LogP contribution is 2.42. The molecule has 4 aromatic rings. The van der Waals surface area contributed by atoms with Crippen molar-refractivity contribution in [3.8, 4) is 5.75 Å². The van der Waals surface area contributed by atoms with Crippen molar-refractivity contribution < 1.29 is 13.9 Å². The number of nitrogens with zero attached hydrogens (tertiary/aromatic N) is 3. The molecule has 0 N–H and O–H groups in total. The number of benzene rings is 2. The number of anilines is 1. The fourth-order valence-electron chi connectivity index (χ4n) is 3.77. The molecule has 0 aliphatic carbocycles. The molecule has 0 bridgehead atoms. The van der Waals surface area contributed by atoms with Crippen molar-refractivity contribution in [1.82, 2.24) is 10.2 Å². The van der Waals surface area contributed by atoms with E-state index in [0.29, 0.717) is 39.0 Å². The molecule has 1 atom stereocenters. The molecule has 160 valence electrons. The molecule has 7 nitrogen and oxygen atoms in total. The zero-order valence-corrected chi connectivity index (χ0v) is 19.3. The molecule has 9 heteroatoms. The highest BCUT2D eigenvalue weighted by Gasteiger charge is 2.45. The molecule has 1 aliphatic rings. The van der Waals surface area contributed by atoms with Gasteiger partial charge in [0.1, 0.15) is 22.9 Å². The van der Waals surface area contributed by atoms with Crippen LogP contribution in [0.15, 0.2) is 68.8 Å². The van der Waals surface area contributed by atoms with Gasteiger partial charge in [-0.05, 0) is 42.8 Å². The smallest absolute Gasteiger partial charge is 0.297 e. The van der Waals surface area contributed by atoms with Crippen LogP contribution in [0.25, 0.3) is 11.0 Å². The van der Waals surface area contributed by atoms with Crippen LogP contribution in [0, 0.1) is 6.92 Å². The summed E-state index contributed by atoms with van der Waals surface area (Å²) in [5.41, 5.74) is 1.06. The largest absolute Gasteiger partial charge is 0.490 e. The monoisotopic (exact) mass is 509 g/mol. The number of ether oxygens (including phenoxy) is 1. The van der Waals surface area contributed by atoms with Crippen molar-refractivity contribution in [2.75, 3.05) is 11.5 Å². The third-order valence-electron chi connectivity index (χ3n) is 5.10. The summed E-state index contributed by atoms with van der Waals surface area (Å²) in [5.74, 6) is 0.185. The minimum Gasteiger partial charge on any atom is -0.490 e. The van der Waals surface area contributed by atoms with Crippen molar-refractivity contribution in [1.29, 1.82) is 0 Å². The normalized spacial score (nSPS) is 15.2. The number of hydrogen-bond acceptors (Lipinski definition) is 7. The first kappa shape index (κ1) is 20.6. The molecule has 1 amide bonds. The van der Waals surface area contributed by atoms with Gasteiger partial charge in [-0.15, -0.1) is 10.2 Å². The zero-order chi connectivity index (χ0) is 22.4. The third kappa shape index (κ3) is 3.34. The maximum Gasteiger partial charge on any atom is 0.297 e. The van der Waals surface area contributed by atoms with Crippen molar-refractivity contribution in [3.05, 3.63) is 91.7 Å². The van der Waals surface area contributed by atoms with Gasteiger partial charge in [0.25, 0.3) is 5.91 Å². The van der Waals surface area contributed by atoms with Crippen molar-refractivity contribution in [2.45, 2.75) is 13.0 Å². The molecule has 32 heavy (non-hydrogen) atoms. The molecule has 0 radical (unpaired) electrons. The van der Waals surface area contributed by atoms with E-state index in [9.17, 15) is 9.59 Å². The first-order valence-corrected chi connectivity index (χ1v) is 11.3. The maximum atomic E-state index is 13.6. The summed E-state index contributed by atoms with van der Waals surface area (Å²) in [6.45, 7) is 5.81. The van der Waals surface area contributed by atoms with Gasteiger partial charge in [-0.25, -0.2) is 0 Å². The summed E-state index contributed by atoms with van der Waals surface area (Å²) in [6.07, 6.45) is 1.65. The van der Waals surface area contributed by atoms with Crippen LogP contribution in [-0.4, -0.2) is 22.7 Å². The van der Waals surface area contributed by atoms with Crippen LogP contribution in [0.5, 0.6) is 5.75 Å². The van der Waals surface area contributed by atoms with Gasteiger partial charge in [-0.2, -0.15) is 0 Å². The molecule has 1 unspecified atom stereocenters. The lowest BCUT2D eigenvalue weighted by Crippen LogP contribution is -2.29. The van der Waals surface area contributed by atoms with E-state index in [1.165, 1.54) is 16.2 Å². The fraction of sp³-hybridized carbons (Fsp3) is 0.130. The van der Waals surface area contributed by atoms with Gasteiger partial charge in [0, 0.05) is 4.47 Å². The molecule has 0 saturated carbocycles. The van der Waals surface area contributed by atoms with Crippen molar-refractivity contribution >= 4 is 49.3 Å². The maximum absolute atomic E-state index is 13.6. The Balaban J connectivity index is 1.77. The Labute approximate surface area is 195 Å². The lowest BCUT2D eigenvalue weighted by atomic mass is 9.98. The summed E-state index contributed by atoms with van der Waals surface area (Å²) in [5, 5.41) is 9.72. The van der Waals surface area contributed by atoms with Crippen LogP contribution in [0.1, 0.15) is 32.7 Å². The Morgan fingerprint density at radius 2 is 2.09 bits per heavy atom. The average molecular weight is 510 g/mol. The third-order valence-corrected chi connectivity index (χ3v) is 6.43. The van der Waals surface area contributed by atoms with E-state index in [2.05, 4.69) is 32.7 Å². The second-order valence-electron chi connectivity index (χ2n) is 7.17. The molecule has 1 aliphatic heterocycles. The number of carbonyl (C=O) groups excluding carboxylic acids is 1. The summed E-state index contributed by atoms with van der Waals surface area (Å²) in [6, 6.07) is 11.7. The number of halogens is 1. The lowest BCUT2D eigenvalue weighted by molar-refractivity contribution is 0.0970. The Morgan fingerprint density at radius 3 is 2.84 bits per heavy atom. The minimum absolute atomic E-state index is 0.0140. The number of hydrogen-bond donors (Lipinski definition) is 0. The van der Waals surface area contributed by atoms with Gasteiger partial charge in [-0.1, -0.05) is 52.1 Å². The molecular weight excluding hydrogens is 494 g/mol. The van der Waals surface area contributed by atoms with E-state index in [1.807, 2.05) is 31.2 Å². The van der Waals surface area contributed by atoms with E-state index in [-0.39, 0.29) is 16.8 Å². The Hall–Kier alpha value is -3.30. The van der Waals surface area contributed by atoms with Crippen LogP contribution in [-0.2, 0) is 0 Å². The van der Waals surface area contributed by atoms with Crippen LogP contribution in [0.3, 0.4) is 0 Å².